The third-order valence-electron chi connectivity index (χ3n) is 4.01. The molecule has 4 rings (SSSR count). The van der Waals surface area contributed by atoms with Crippen molar-refractivity contribution in [2.24, 2.45) is 10.2 Å². The molecular weight excluding hydrogens is 186 g/mol. The molecule has 2 atom stereocenters. The summed E-state index contributed by atoms with van der Waals surface area (Å²) in [5, 5.41) is 12.3. The molecule has 2 bridgehead atoms. The molecule has 82 valence electrons. The van der Waals surface area contributed by atoms with Crippen LogP contribution in [0.25, 0.3) is 0 Å². The van der Waals surface area contributed by atoms with Crippen LogP contribution in [0.4, 0.5) is 0 Å². The van der Waals surface area contributed by atoms with Crippen molar-refractivity contribution in [3.63, 3.8) is 0 Å². The van der Waals surface area contributed by atoms with Crippen LogP contribution < -0.4 is 5.32 Å². The van der Waals surface area contributed by atoms with E-state index in [1.807, 2.05) is 6.20 Å². The second kappa shape index (κ2) is 3.41. The van der Waals surface area contributed by atoms with Gasteiger partial charge in [-0.25, -0.2) is 0 Å². The lowest BCUT2D eigenvalue weighted by Gasteiger charge is -2.53. The predicted molar refractivity (Wildman–Crippen MR) is 59.5 cm³/mol. The minimum absolute atomic E-state index is 0.000833. The molecule has 15 heavy (non-hydrogen) atoms. The van der Waals surface area contributed by atoms with Gasteiger partial charge in [-0.3, -0.25) is 5.32 Å². The fourth-order valence-corrected chi connectivity index (χ4v) is 3.27. The summed E-state index contributed by atoms with van der Waals surface area (Å²) in [5.74, 6) is 0. The van der Waals surface area contributed by atoms with E-state index in [1.165, 1.54) is 51.4 Å². The molecular formula is C12H19N3. The van der Waals surface area contributed by atoms with Crippen molar-refractivity contribution in [3.05, 3.63) is 12.3 Å². The maximum absolute atomic E-state index is 4.44. The Morgan fingerprint density at radius 3 is 2.60 bits per heavy atom. The first kappa shape index (κ1) is 9.52. The van der Waals surface area contributed by atoms with Gasteiger partial charge < -0.3 is 0 Å². The second-order valence-corrected chi connectivity index (χ2v) is 5.29. The highest BCUT2D eigenvalue weighted by Gasteiger charge is 2.53. The largest absolute Gasteiger partial charge is 0.282 e. The summed E-state index contributed by atoms with van der Waals surface area (Å²) < 4.78 is 0. The molecule has 0 radical (unpaired) electrons. The molecule has 1 saturated carbocycles. The minimum atomic E-state index is 0.000833. The number of nitrogens with one attached hydrogen (secondary N) is 1. The Hall–Kier alpha value is -0.700. The molecule has 1 saturated heterocycles. The van der Waals surface area contributed by atoms with Gasteiger partial charge >= 0.3 is 0 Å². The highest BCUT2D eigenvalue weighted by molar-refractivity contribution is 5.22. The molecule has 3 heteroatoms. The lowest BCUT2D eigenvalue weighted by atomic mass is 9.71. The first-order chi connectivity index (χ1) is 7.33. The summed E-state index contributed by atoms with van der Waals surface area (Å²) >= 11 is 0. The van der Waals surface area contributed by atoms with E-state index >= 15 is 0 Å². The van der Waals surface area contributed by atoms with Gasteiger partial charge in [0.05, 0.1) is 0 Å². The van der Waals surface area contributed by atoms with Crippen molar-refractivity contribution in [3.8, 4) is 0 Å². The molecule has 4 aliphatic rings. The van der Waals surface area contributed by atoms with Gasteiger partial charge in [0, 0.05) is 18.2 Å². The summed E-state index contributed by atoms with van der Waals surface area (Å²) in [6, 6.07) is 0. The van der Waals surface area contributed by atoms with E-state index < -0.39 is 0 Å². The molecule has 2 fully saturated rings. The molecule has 2 unspecified atom stereocenters. The zero-order valence-corrected chi connectivity index (χ0v) is 9.21. The van der Waals surface area contributed by atoms with Gasteiger partial charge in [-0.15, -0.1) is 0 Å². The van der Waals surface area contributed by atoms with E-state index in [2.05, 4.69) is 21.6 Å². The van der Waals surface area contributed by atoms with Gasteiger partial charge in [-0.1, -0.05) is 25.7 Å². The third kappa shape index (κ3) is 1.63. The van der Waals surface area contributed by atoms with Crippen molar-refractivity contribution in [2.75, 3.05) is 0 Å². The SMILES string of the molecule is C1=CC23CCCCCCCC(C2)(N=N1)N3. The van der Waals surface area contributed by atoms with Crippen LogP contribution in [0, 0.1) is 0 Å². The van der Waals surface area contributed by atoms with E-state index in [4.69, 9.17) is 0 Å². The lowest BCUT2D eigenvalue weighted by molar-refractivity contribution is 0.0605. The quantitative estimate of drug-likeness (QED) is 0.648. The Morgan fingerprint density at radius 2 is 1.73 bits per heavy atom. The highest BCUT2D eigenvalue weighted by Crippen LogP contribution is 2.45. The maximum Gasteiger partial charge on any atom is 0.134 e. The van der Waals surface area contributed by atoms with E-state index in [-0.39, 0.29) is 11.2 Å². The first-order valence-corrected chi connectivity index (χ1v) is 6.22. The van der Waals surface area contributed by atoms with E-state index in [0.717, 1.165) is 0 Å². The smallest absolute Gasteiger partial charge is 0.134 e. The summed E-state index contributed by atoms with van der Waals surface area (Å²) in [5.41, 5.74) is 0.238. The van der Waals surface area contributed by atoms with Crippen molar-refractivity contribution in [1.29, 1.82) is 0 Å². The number of fused-ring (bicyclic) bond motifs is 1. The number of hydrogen-bond acceptors (Lipinski definition) is 3. The zero-order valence-electron chi connectivity index (χ0n) is 9.21. The monoisotopic (exact) mass is 205 g/mol. The van der Waals surface area contributed by atoms with Crippen LogP contribution in [0.15, 0.2) is 22.5 Å². The fourth-order valence-electron chi connectivity index (χ4n) is 3.27. The molecule has 0 spiro atoms. The van der Waals surface area contributed by atoms with Gasteiger partial charge in [0.25, 0.3) is 0 Å². The Kier molecular flexibility index (Phi) is 2.16. The van der Waals surface area contributed by atoms with Crippen molar-refractivity contribution >= 4 is 0 Å². The third-order valence-corrected chi connectivity index (χ3v) is 4.01. The molecule has 0 amide bonds. The lowest BCUT2D eigenvalue weighted by Crippen LogP contribution is -2.69. The Bertz CT molecular complexity index is 272. The van der Waals surface area contributed by atoms with Crippen LogP contribution in [0.5, 0.6) is 0 Å². The second-order valence-electron chi connectivity index (χ2n) is 5.29. The molecule has 0 aromatic heterocycles. The Labute approximate surface area is 91.0 Å². The standard InChI is InChI=1S/C12H19N3/c1-2-4-6-11-8-9-13-15-12(10-11,14-11)7-5-3-1/h8-9,14H,1-7,10H2. The van der Waals surface area contributed by atoms with E-state index in [1.54, 1.807) is 0 Å². The summed E-state index contributed by atoms with van der Waals surface area (Å²) in [6.07, 6.45) is 14.5. The van der Waals surface area contributed by atoms with Crippen LogP contribution >= 0.6 is 0 Å². The number of rotatable bonds is 0. The van der Waals surface area contributed by atoms with E-state index in [9.17, 15) is 0 Å². The molecule has 1 N–H and O–H groups in total. The Balaban J connectivity index is 1.81. The van der Waals surface area contributed by atoms with Gasteiger partial charge in [0.2, 0.25) is 0 Å². The van der Waals surface area contributed by atoms with Crippen LogP contribution in [-0.2, 0) is 0 Å². The molecule has 3 heterocycles. The number of nitrogens with zero attached hydrogens (tertiary/aromatic N) is 2. The van der Waals surface area contributed by atoms with E-state index in [0.29, 0.717) is 0 Å². The number of azo groups is 1. The molecule has 3 nitrogen and oxygen atoms in total. The van der Waals surface area contributed by atoms with Crippen LogP contribution in [0.2, 0.25) is 0 Å². The van der Waals surface area contributed by atoms with Crippen molar-refractivity contribution in [2.45, 2.75) is 62.6 Å². The predicted octanol–water partition coefficient (Wildman–Crippen LogP) is 3.14. The van der Waals surface area contributed by atoms with Gasteiger partial charge in [0.15, 0.2) is 0 Å². The Morgan fingerprint density at radius 1 is 1.00 bits per heavy atom. The zero-order chi connectivity index (χ0) is 10.2. The molecule has 1 aliphatic carbocycles. The number of hydrogen-bond donors (Lipinski definition) is 1. The normalized spacial score (nSPS) is 44.3. The average molecular weight is 205 g/mol. The topological polar surface area (TPSA) is 36.8 Å². The minimum Gasteiger partial charge on any atom is -0.282 e. The van der Waals surface area contributed by atoms with Crippen molar-refractivity contribution in [1.82, 2.24) is 5.32 Å². The fraction of sp³-hybridized carbons (Fsp3) is 0.833. The van der Waals surface area contributed by atoms with Crippen molar-refractivity contribution < 1.29 is 0 Å². The van der Waals surface area contributed by atoms with Gasteiger partial charge in [-0.2, -0.15) is 10.2 Å². The van der Waals surface area contributed by atoms with Gasteiger partial charge in [-0.05, 0) is 25.3 Å². The summed E-state index contributed by atoms with van der Waals surface area (Å²) in [4.78, 5) is 0. The maximum atomic E-state index is 4.44. The van der Waals surface area contributed by atoms with Crippen LogP contribution in [-0.4, -0.2) is 11.2 Å². The average Bonchev–Trinajstić information content (AvgIpc) is 2.47. The summed E-state index contributed by atoms with van der Waals surface area (Å²) in [6.45, 7) is 0. The highest BCUT2D eigenvalue weighted by atomic mass is 15.3. The van der Waals surface area contributed by atoms with Gasteiger partial charge in [0.1, 0.15) is 5.66 Å². The summed E-state index contributed by atoms with van der Waals surface area (Å²) in [7, 11) is 0. The molecule has 0 aromatic carbocycles. The van der Waals surface area contributed by atoms with Crippen LogP contribution in [0.1, 0.15) is 51.4 Å². The van der Waals surface area contributed by atoms with Crippen LogP contribution in [0.3, 0.4) is 0 Å². The molecule has 0 aromatic rings. The first-order valence-electron chi connectivity index (χ1n) is 6.22. The molecule has 3 aliphatic heterocycles.